The first-order valence-electron chi connectivity index (χ1n) is 4.79. The van der Waals surface area contributed by atoms with Gasteiger partial charge in [0, 0.05) is 11.1 Å². The number of fused-ring (bicyclic) bond motifs is 3. The first-order valence-corrected chi connectivity index (χ1v) is 5.17. The second-order valence-electron chi connectivity index (χ2n) is 3.68. The number of hydrogen-bond donors (Lipinski definition) is 1. The van der Waals surface area contributed by atoms with Crippen molar-refractivity contribution in [3.05, 3.63) is 35.0 Å². The Bertz CT molecular complexity index is 559. The van der Waals surface area contributed by atoms with Gasteiger partial charge in [0.2, 0.25) is 5.91 Å². The van der Waals surface area contributed by atoms with Crippen molar-refractivity contribution >= 4 is 28.4 Å². The standard InChI is InChI=1S/C11H9ClN2O/c12-9-3-1-2-7-4-8-5-13-10(15)6-14(8)11(7)9/h1-4H,5-6H2,(H,13,15). The summed E-state index contributed by atoms with van der Waals surface area (Å²) in [6, 6.07) is 7.85. The van der Waals surface area contributed by atoms with Gasteiger partial charge in [-0.25, -0.2) is 0 Å². The molecule has 0 aliphatic carbocycles. The number of nitrogens with zero attached hydrogens (tertiary/aromatic N) is 1. The molecule has 0 unspecified atom stereocenters. The van der Waals surface area contributed by atoms with Crippen molar-refractivity contribution in [3.8, 4) is 0 Å². The fourth-order valence-corrected chi connectivity index (χ4v) is 2.33. The van der Waals surface area contributed by atoms with Gasteiger partial charge in [-0.3, -0.25) is 4.79 Å². The molecule has 4 heteroatoms. The van der Waals surface area contributed by atoms with Crippen LogP contribution in [0.1, 0.15) is 5.69 Å². The Morgan fingerprint density at radius 2 is 2.27 bits per heavy atom. The summed E-state index contributed by atoms with van der Waals surface area (Å²) < 4.78 is 1.98. The molecule has 0 atom stereocenters. The van der Waals surface area contributed by atoms with E-state index >= 15 is 0 Å². The van der Waals surface area contributed by atoms with E-state index in [1.165, 1.54) is 0 Å². The molecule has 0 saturated carbocycles. The van der Waals surface area contributed by atoms with Crippen molar-refractivity contribution in [2.24, 2.45) is 0 Å². The average Bonchev–Trinajstić information content (AvgIpc) is 2.57. The van der Waals surface area contributed by atoms with Crippen LogP contribution in [0.15, 0.2) is 24.3 Å². The molecule has 1 aliphatic heterocycles. The molecule has 1 aliphatic rings. The predicted molar refractivity (Wildman–Crippen MR) is 58.8 cm³/mol. The zero-order chi connectivity index (χ0) is 10.4. The van der Waals surface area contributed by atoms with Crippen molar-refractivity contribution in [2.75, 3.05) is 0 Å². The number of carbonyl (C=O) groups excluding carboxylic acids is 1. The molecule has 0 radical (unpaired) electrons. The molecule has 1 aromatic carbocycles. The van der Waals surface area contributed by atoms with E-state index < -0.39 is 0 Å². The number of halogens is 1. The van der Waals surface area contributed by atoms with E-state index in [0.29, 0.717) is 18.1 Å². The Labute approximate surface area is 91.6 Å². The summed E-state index contributed by atoms with van der Waals surface area (Å²) in [5, 5.41) is 4.61. The lowest BCUT2D eigenvalue weighted by Crippen LogP contribution is -2.33. The highest BCUT2D eigenvalue weighted by molar-refractivity contribution is 6.35. The summed E-state index contributed by atoms with van der Waals surface area (Å²) >= 11 is 6.13. The van der Waals surface area contributed by atoms with Gasteiger partial charge in [-0.2, -0.15) is 0 Å². The third kappa shape index (κ3) is 1.23. The van der Waals surface area contributed by atoms with E-state index in [9.17, 15) is 4.79 Å². The number of rotatable bonds is 0. The van der Waals surface area contributed by atoms with Gasteiger partial charge in [-0.1, -0.05) is 23.7 Å². The van der Waals surface area contributed by atoms with Crippen molar-refractivity contribution in [3.63, 3.8) is 0 Å². The first-order chi connectivity index (χ1) is 7.25. The fourth-order valence-electron chi connectivity index (χ4n) is 2.05. The highest BCUT2D eigenvalue weighted by atomic mass is 35.5. The SMILES string of the molecule is O=C1Cn2c(cc3cccc(Cl)c32)CN1. The molecular formula is C11H9ClN2O. The lowest BCUT2D eigenvalue weighted by Gasteiger charge is -2.16. The molecule has 1 N–H and O–H groups in total. The molecule has 1 amide bonds. The molecule has 1 aromatic heterocycles. The van der Waals surface area contributed by atoms with Gasteiger partial charge in [-0.05, 0) is 12.1 Å². The van der Waals surface area contributed by atoms with E-state index in [1.54, 1.807) is 0 Å². The smallest absolute Gasteiger partial charge is 0.240 e. The van der Waals surface area contributed by atoms with Crippen LogP contribution in [0.4, 0.5) is 0 Å². The molecule has 0 saturated heterocycles. The number of hydrogen-bond acceptors (Lipinski definition) is 1. The quantitative estimate of drug-likeness (QED) is 0.723. The Morgan fingerprint density at radius 3 is 3.13 bits per heavy atom. The van der Waals surface area contributed by atoms with Crippen LogP contribution in [-0.4, -0.2) is 10.5 Å². The molecule has 3 rings (SSSR count). The van der Waals surface area contributed by atoms with E-state index in [-0.39, 0.29) is 5.91 Å². The summed E-state index contributed by atoms with van der Waals surface area (Å²) in [6.45, 7) is 0.951. The van der Waals surface area contributed by atoms with E-state index in [2.05, 4.69) is 11.4 Å². The molecule has 2 heterocycles. The second kappa shape index (κ2) is 3.00. The largest absolute Gasteiger partial charge is 0.349 e. The van der Waals surface area contributed by atoms with Gasteiger partial charge in [0.15, 0.2) is 0 Å². The lowest BCUT2D eigenvalue weighted by molar-refractivity contribution is -0.122. The minimum absolute atomic E-state index is 0.0416. The van der Waals surface area contributed by atoms with E-state index in [1.807, 2.05) is 22.8 Å². The third-order valence-electron chi connectivity index (χ3n) is 2.73. The van der Waals surface area contributed by atoms with Crippen molar-refractivity contribution in [1.29, 1.82) is 0 Å². The van der Waals surface area contributed by atoms with Crippen LogP contribution in [-0.2, 0) is 17.9 Å². The van der Waals surface area contributed by atoms with Gasteiger partial charge in [-0.15, -0.1) is 0 Å². The number of aromatic nitrogens is 1. The normalized spacial score (nSPS) is 15.1. The number of carbonyl (C=O) groups is 1. The summed E-state index contributed by atoms with van der Waals surface area (Å²) in [6.07, 6.45) is 0. The maximum atomic E-state index is 11.3. The average molecular weight is 221 g/mol. The Balaban J connectivity index is 2.35. The second-order valence-corrected chi connectivity index (χ2v) is 4.08. The summed E-state index contributed by atoms with van der Waals surface area (Å²) in [5.41, 5.74) is 2.07. The summed E-state index contributed by atoms with van der Waals surface area (Å²) in [7, 11) is 0. The van der Waals surface area contributed by atoms with Crippen LogP contribution in [0.2, 0.25) is 5.02 Å². The highest BCUT2D eigenvalue weighted by Gasteiger charge is 2.18. The van der Waals surface area contributed by atoms with Gasteiger partial charge in [0.05, 0.1) is 17.1 Å². The molecule has 76 valence electrons. The fraction of sp³-hybridized carbons (Fsp3) is 0.182. The maximum Gasteiger partial charge on any atom is 0.240 e. The van der Waals surface area contributed by atoms with Crippen LogP contribution in [0.3, 0.4) is 0 Å². The zero-order valence-electron chi connectivity index (χ0n) is 7.96. The van der Waals surface area contributed by atoms with Gasteiger partial charge < -0.3 is 9.88 Å². The minimum atomic E-state index is 0.0416. The van der Waals surface area contributed by atoms with Crippen LogP contribution in [0, 0.1) is 0 Å². The third-order valence-corrected chi connectivity index (χ3v) is 3.03. The topological polar surface area (TPSA) is 34.0 Å². The van der Waals surface area contributed by atoms with Crippen LogP contribution < -0.4 is 5.32 Å². The predicted octanol–water partition coefficient (Wildman–Crippen LogP) is 1.92. The van der Waals surface area contributed by atoms with E-state index in [4.69, 9.17) is 11.6 Å². The minimum Gasteiger partial charge on any atom is -0.349 e. The van der Waals surface area contributed by atoms with Crippen LogP contribution in [0.5, 0.6) is 0 Å². The Hall–Kier alpha value is -1.48. The molecule has 3 nitrogen and oxygen atoms in total. The summed E-state index contributed by atoms with van der Waals surface area (Å²) in [5.74, 6) is 0.0416. The van der Waals surface area contributed by atoms with Crippen molar-refractivity contribution in [2.45, 2.75) is 13.1 Å². The molecule has 2 aromatic rings. The van der Waals surface area contributed by atoms with E-state index in [0.717, 1.165) is 16.6 Å². The Kier molecular flexibility index (Phi) is 1.76. The van der Waals surface area contributed by atoms with Crippen LogP contribution >= 0.6 is 11.6 Å². The van der Waals surface area contributed by atoms with Gasteiger partial charge in [0.25, 0.3) is 0 Å². The maximum absolute atomic E-state index is 11.3. The highest BCUT2D eigenvalue weighted by Crippen LogP contribution is 2.27. The number of amides is 1. The monoisotopic (exact) mass is 220 g/mol. The van der Waals surface area contributed by atoms with Gasteiger partial charge >= 0.3 is 0 Å². The molecule has 15 heavy (non-hydrogen) atoms. The number of nitrogens with one attached hydrogen (secondary N) is 1. The first kappa shape index (κ1) is 8.80. The molecule has 0 spiro atoms. The molecule has 0 bridgehead atoms. The number of para-hydroxylation sites is 1. The molecule has 0 fully saturated rings. The van der Waals surface area contributed by atoms with Crippen molar-refractivity contribution < 1.29 is 4.79 Å². The Morgan fingerprint density at radius 1 is 1.40 bits per heavy atom. The summed E-state index contributed by atoms with van der Waals surface area (Å²) in [4.78, 5) is 11.3. The zero-order valence-corrected chi connectivity index (χ0v) is 8.71. The lowest BCUT2D eigenvalue weighted by atomic mass is 10.2. The number of benzene rings is 1. The van der Waals surface area contributed by atoms with Crippen LogP contribution in [0.25, 0.3) is 10.9 Å². The van der Waals surface area contributed by atoms with Crippen molar-refractivity contribution in [1.82, 2.24) is 9.88 Å². The molecular weight excluding hydrogens is 212 g/mol. The van der Waals surface area contributed by atoms with Gasteiger partial charge in [0.1, 0.15) is 6.54 Å².